The molecular formula is C18H17ClN4O2. The van der Waals surface area contributed by atoms with Gasteiger partial charge in [-0.25, -0.2) is 0 Å². The molecular weight excluding hydrogens is 340 g/mol. The molecule has 0 aliphatic heterocycles. The van der Waals surface area contributed by atoms with Gasteiger partial charge in [0.15, 0.2) is 11.9 Å². The van der Waals surface area contributed by atoms with Crippen LogP contribution in [0.3, 0.4) is 0 Å². The number of ether oxygens (including phenoxy) is 1. The molecule has 1 heterocycles. The van der Waals surface area contributed by atoms with E-state index in [1.165, 1.54) is 0 Å². The Kier molecular flexibility index (Phi) is 4.72. The van der Waals surface area contributed by atoms with Crippen LogP contribution >= 0.6 is 11.6 Å². The molecule has 3 aromatic rings. The fourth-order valence-corrected chi connectivity index (χ4v) is 2.66. The van der Waals surface area contributed by atoms with E-state index in [1.807, 2.05) is 31.2 Å². The zero-order valence-electron chi connectivity index (χ0n) is 13.8. The first kappa shape index (κ1) is 17.0. The second-order valence-electron chi connectivity index (χ2n) is 5.64. The number of nitrogens with one attached hydrogen (secondary N) is 1. The van der Waals surface area contributed by atoms with Gasteiger partial charge in [0, 0.05) is 15.8 Å². The van der Waals surface area contributed by atoms with Crippen LogP contribution in [0.4, 0.5) is 11.6 Å². The average Bonchev–Trinajstić information content (AvgIpc) is 2.91. The number of H-pyrrole nitrogens is 1. The van der Waals surface area contributed by atoms with E-state index in [9.17, 15) is 4.79 Å². The number of rotatable bonds is 4. The number of amides is 1. The molecule has 1 aromatic heterocycles. The molecule has 128 valence electrons. The average molecular weight is 357 g/mol. The van der Waals surface area contributed by atoms with Crippen LogP contribution in [0, 0.1) is 6.92 Å². The second kappa shape index (κ2) is 6.94. The molecule has 25 heavy (non-hydrogen) atoms. The Morgan fingerprint density at radius 2 is 1.96 bits per heavy atom. The van der Waals surface area contributed by atoms with Crippen molar-refractivity contribution >= 4 is 39.9 Å². The zero-order chi connectivity index (χ0) is 18.0. The topological polar surface area (TPSA) is 92.8 Å². The Balaban J connectivity index is 1.75. The summed E-state index contributed by atoms with van der Waals surface area (Å²) in [6, 6.07) is 12.7. The van der Waals surface area contributed by atoms with Crippen molar-refractivity contribution in [2.45, 2.75) is 20.0 Å². The van der Waals surface area contributed by atoms with Crippen molar-refractivity contribution in [1.29, 1.82) is 0 Å². The third kappa shape index (κ3) is 3.64. The number of nitrogens with two attached hydrogens (primary N) is 1. The van der Waals surface area contributed by atoms with Gasteiger partial charge in [0.05, 0.1) is 0 Å². The van der Waals surface area contributed by atoms with Crippen molar-refractivity contribution in [2.24, 2.45) is 10.2 Å². The number of benzene rings is 2. The number of aryl methyl sites for hydroxylation is 1. The van der Waals surface area contributed by atoms with Gasteiger partial charge in [-0.1, -0.05) is 35.9 Å². The number of aromatic amines is 1. The van der Waals surface area contributed by atoms with E-state index >= 15 is 0 Å². The lowest BCUT2D eigenvalue weighted by Crippen LogP contribution is -2.22. The largest absolute Gasteiger partial charge is 0.480 e. The summed E-state index contributed by atoms with van der Waals surface area (Å²) in [6.45, 7) is 3.48. The fraction of sp³-hybridized carbons (Fsp3) is 0.167. The standard InChI is InChI=1S/C18H17ClN4O2/c1-10-9-12(19)7-8-15(10)25-11(2)18(24)23-22-17-14-6-4-3-5-13(14)16(20)21-17/h3-9,11,21H,20H2,1-2H3/t11-/m1/s1. The van der Waals surface area contributed by atoms with Gasteiger partial charge in [-0.2, -0.15) is 0 Å². The molecule has 0 saturated heterocycles. The molecule has 0 aliphatic carbocycles. The smallest absolute Gasteiger partial charge is 0.304 e. The first-order chi connectivity index (χ1) is 12.0. The van der Waals surface area contributed by atoms with Crippen molar-refractivity contribution < 1.29 is 9.53 Å². The molecule has 1 atom stereocenters. The van der Waals surface area contributed by atoms with Crippen molar-refractivity contribution in [1.82, 2.24) is 4.98 Å². The molecule has 0 radical (unpaired) electrons. The lowest BCUT2D eigenvalue weighted by Gasteiger charge is -2.13. The van der Waals surface area contributed by atoms with Crippen LogP contribution < -0.4 is 10.5 Å². The molecule has 3 N–H and O–H groups in total. The van der Waals surface area contributed by atoms with Crippen LogP contribution in [0.15, 0.2) is 52.7 Å². The van der Waals surface area contributed by atoms with Crippen molar-refractivity contribution in [3.63, 3.8) is 0 Å². The number of carbonyl (C=O) groups is 1. The maximum Gasteiger partial charge on any atom is 0.304 e. The van der Waals surface area contributed by atoms with E-state index in [4.69, 9.17) is 22.1 Å². The Morgan fingerprint density at radius 3 is 2.68 bits per heavy atom. The van der Waals surface area contributed by atoms with E-state index in [0.29, 0.717) is 22.4 Å². The van der Waals surface area contributed by atoms with Crippen LogP contribution in [-0.4, -0.2) is 17.0 Å². The lowest BCUT2D eigenvalue weighted by atomic mass is 10.2. The predicted molar refractivity (Wildman–Crippen MR) is 98.5 cm³/mol. The quantitative estimate of drug-likeness (QED) is 0.658. The third-order valence-electron chi connectivity index (χ3n) is 3.76. The van der Waals surface area contributed by atoms with Gasteiger partial charge in [0.25, 0.3) is 0 Å². The first-order valence-corrected chi connectivity index (χ1v) is 8.08. The van der Waals surface area contributed by atoms with E-state index in [1.54, 1.807) is 25.1 Å². The van der Waals surface area contributed by atoms with Gasteiger partial charge in [0.1, 0.15) is 11.6 Å². The Labute approximate surface area is 149 Å². The number of carbonyl (C=O) groups excluding carboxylic acids is 1. The lowest BCUT2D eigenvalue weighted by molar-refractivity contribution is -0.124. The summed E-state index contributed by atoms with van der Waals surface area (Å²) in [5, 5.41) is 10.00. The molecule has 0 unspecified atom stereocenters. The normalized spacial score (nSPS) is 12.6. The SMILES string of the molecule is Cc1cc(Cl)ccc1O[C@H](C)C(=O)N=Nc1[nH]c(N)c2ccccc12. The molecule has 0 bridgehead atoms. The summed E-state index contributed by atoms with van der Waals surface area (Å²) < 4.78 is 5.65. The first-order valence-electron chi connectivity index (χ1n) is 7.70. The molecule has 2 aromatic carbocycles. The minimum atomic E-state index is -0.776. The molecule has 0 spiro atoms. The van der Waals surface area contributed by atoms with Crippen LogP contribution in [0.25, 0.3) is 10.8 Å². The molecule has 7 heteroatoms. The molecule has 0 aliphatic rings. The highest BCUT2D eigenvalue weighted by Crippen LogP contribution is 2.30. The Morgan fingerprint density at radius 1 is 1.24 bits per heavy atom. The van der Waals surface area contributed by atoms with Gasteiger partial charge in [-0.3, -0.25) is 4.79 Å². The summed E-state index contributed by atoms with van der Waals surface area (Å²) in [4.78, 5) is 15.1. The number of aromatic nitrogens is 1. The van der Waals surface area contributed by atoms with E-state index in [-0.39, 0.29) is 0 Å². The molecule has 3 rings (SSSR count). The number of hydrogen-bond acceptors (Lipinski definition) is 4. The number of nitrogens with zero attached hydrogens (tertiary/aromatic N) is 2. The summed E-state index contributed by atoms with van der Waals surface area (Å²) in [7, 11) is 0. The van der Waals surface area contributed by atoms with Gasteiger partial charge in [-0.15, -0.1) is 10.2 Å². The summed E-state index contributed by atoms with van der Waals surface area (Å²) in [5.74, 6) is 1.01. The summed E-state index contributed by atoms with van der Waals surface area (Å²) >= 11 is 5.91. The highest BCUT2D eigenvalue weighted by Gasteiger charge is 2.16. The summed E-state index contributed by atoms with van der Waals surface area (Å²) in [6.07, 6.45) is -0.776. The Hall–Kier alpha value is -2.86. The number of hydrogen-bond donors (Lipinski definition) is 2. The van der Waals surface area contributed by atoms with Crippen molar-refractivity contribution in [3.05, 3.63) is 53.1 Å². The predicted octanol–water partition coefficient (Wildman–Crippen LogP) is 4.79. The maximum atomic E-state index is 12.2. The van der Waals surface area contributed by atoms with Gasteiger partial charge < -0.3 is 15.5 Å². The third-order valence-corrected chi connectivity index (χ3v) is 4.00. The number of nitrogen functional groups attached to an aromatic ring is 1. The molecule has 0 saturated carbocycles. The minimum absolute atomic E-state index is 0.441. The van der Waals surface area contributed by atoms with Crippen molar-refractivity contribution in [3.8, 4) is 5.75 Å². The van der Waals surface area contributed by atoms with Crippen LogP contribution in [0.5, 0.6) is 5.75 Å². The monoisotopic (exact) mass is 356 g/mol. The van der Waals surface area contributed by atoms with Gasteiger partial charge >= 0.3 is 5.91 Å². The van der Waals surface area contributed by atoms with E-state index in [2.05, 4.69) is 15.2 Å². The number of azo groups is 1. The van der Waals surface area contributed by atoms with Crippen LogP contribution in [0.2, 0.25) is 5.02 Å². The van der Waals surface area contributed by atoms with Gasteiger partial charge in [-0.05, 0) is 37.6 Å². The highest BCUT2D eigenvalue weighted by atomic mass is 35.5. The fourth-order valence-electron chi connectivity index (χ4n) is 2.43. The van der Waals surface area contributed by atoms with Crippen LogP contribution in [0.1, 0.15) is 12.5 Å². The molecule has 0 fully saturated rings. The molecule has 6 nitrogen and oxygen atoms in total. The van der Waals surface area contributed by atoms with E-state index in [0.717, 1.165) is 16.3 Å². The second-order valence-corrected chi connectivity index (χ2v) is 6.08. The van der Waals surface area contributed by atoms with Gasteiger partial charge in [0.2, 0.25) is 0 Å². The van der Waals surface area contributed by atoms with E-state index < -0.39 is 12.0 Å². The zero-order valence-corrected chi connectivity index (χ0v) is 14.5. The number of anilines is 1. The maximum absolute atomic E-state index is 12.2. The van der Waals surface area contributed by atoms with Crippen LogP contribution in [-0.2, 0) is 4.79 Å². The molecule has 1 amide bonds. The summed E-state index contributed by atoms with van der Waals surface area (Å²) in [5.41, 5.74) is 6.74. The number of halogens is 1. The van der Waals surface area contributed by atoms with Crippen molar-refractivity contribution in [2.75, 3.05) is 5.73 Å². The highest BCUT2D eigenvalue weighted by molar-refractivity contribution is 6.30. The minimum Gasteiger partial charge on any atom is -0.480 e. The number of fused-ring (bicyclic) bond motifs is 1. The Bertz CT molecular complexity index is 965.